The first-order chi connectivity index (χ1) is 14.2. The van der Waals surface area contributed by atoms with Gasteiger partial charge in [0.2, 0.25) is 0 Å². The smallest absolute Gasteiger partial charge is 0.173 e. The second-order valence-corrected chi connectivity index (χ2v) is 7.22. The highest BCUT2D eigenvalue weighted by molar-refractivity contribution is 6.00. The van der Waals surface area contributed by atoms with Crippen LogP contribution in [0.4, 0.5) is 0 Å². The van der Waals surface area contributed by atoms with Crippen molar-refractivity contribution in [2.75, 3.05) is 33.0 Å². The van der Waals surface area contributed by atoms with Crippen LogP contribution in [-0.4, -0.2) is 59.9 Å². The monoisotopic (exact) mass is 399 g/mol. The number of hydrogen-bond donors (Lipinski definition) is 2. The normalized spacial score (nSPS) is 24.0. The SMILES string of the molecule is C=C(C1=CCCC=C1CO)N1CCOC[C@H]1CCOC1=CC=CCC(=O)C1=CO. The summed E-state index contributed by atoms with van der Waals surface area (Å²) in [5.41, 5.74) is 3.04. The maximum atomic E-state index is 12.0. The molecule has 156 valence electrons. The van der Waals surface area contributed by atoms with Gasteiger partial charge in [-0.1, -0.05) is 30.9 Å². The van der Waals surface area contributed by atoms with Crippen molar-refractivity contribution in [1.82, 2.24) is 4.90 Å². The number of allylic oxidation sites excluding steroid dienone is 7. The number of aliphatic hydroxyl groups excluding tert-OH is 2. The molecule has 1 heterocycles. The average molecular weight is 399 g/mol. The summed E-state index contributed by atoms with van der Waals surface area (Å²) in [5, 5.41) is 19.1. The lowest BCUT2D eigenvalue weighted by atomic mass is 9.94. The number of Topliss-reactive ketones (excluding diaryl/α,β-unsaturated/α-hetero) is 1. The highest BCUT2D eigenvalue weighted by atomic mass is 16.5. The van der Waals surface area contributed by atoms with Crippen LogP contribution in [0.5, 0.6) is 0 Å². The minimum atomic E-state index is -0.170. The summed E-state index contributed by atoms with van der Waals surface area (Å²) in [4.78, 5) is 14.2. The molecule has 1 aliphatic heterocycles. The lowest BCUT2D eigenvalue weighted by molar-refractivity contribution is -0.115. The van der Waals surface area contributed by atoms with E-state index in [1.807, 2.05) is 0 Å². The Hall–Kier alpha value is -2.57. The molecule has 0 spiro atoms. The van der Waals surface area contributed by atoms with Gasteiger partial charge in [0, 0.05) is 25.1 Å². The van der Waals surface area contributed by atoms with E-state index in [1.165, 1.54) is 0 Å². The molecule has 0 aromatic heterocycles. The van der Waals surface area contributed by atoms with Gasteiger partial charge in [0.25, 0.3) is 0 Å². The number of hydrogen-bond acceptors (Lipinski definition) is 6. The van der Waals surface area contributed by atoms with Crippen molar-refractivity contribution in [1.29, 1.82) is 0 Å². The van der Waals surface area contributed by atoms with Gasteiger partial charge in [-0.2, -0.15) is 0 Å². The minimum Gasteiger partial charge on any atom is -0.515 e. The van der Waals surface area contributed by atoms with E-state index in [9.17, 15) is 15.0 Å². The molecule has 3 rings (SSSR count). The second-order valence-electron chi connectivity index (χ2n) is 7.22. The topological polar surface area (TPSA) is 79.2 Å². The van der Waals surface area contributed by atoms with E-state index in [2.05, 4.69) is 23.6 Å². The molecular weight excluding hydrogens is 370 g/mol. The Balaban J connectivity index is 1.63. The Kier molecular flexibility index (Phi) is 7.49. The number of carbonyl (C=O) groups is 1. The molecule has 6 heteroatoms. The largest absolute Gasteiger partial charge is 0.515 e. The van der Waals surface area contributed by atoms with Gasteiger partial charge in [0.1, 0.15) is 5.76 Å². The molecule has 3 aliphatic rings. The van der Waals surface area contributed by atoms with Crippen LogP contribution in [0.25, 0.3) is 0 Å². The molecule has 0 radical (unpaired) electrons. The lowest BCUT2D eigenvalue weighted by Crippen LogP contribution is -2.45. The standard InChI is InChI=1S/C23H29NO5/c1-17(20-7-3-2-6-18(20)14-25)24-11-13-28-16-19(24)10-12-29-23-9-5-4-8-22(27)21(23)15-26/h4-7,9,15,19,25-26H,1-3,8,10-14,16H2/t19-/m1/s1. The summed E-state index contributed by atoms with van der Waals surface area (Å²) >= 11 is 0. The number of ketones is 1. The highest BCUT2D eigenvalue weighted by Crippen LogP contribution is 2.29. The fourth-order valence-corrected chi connectivity index (χ4v) is 3.82. The van der Waals surface area contributed by atoms with E-state index in [0.717, 1.165) is 42.5 Å². The number of ether oxygens (including phenoxy) is 2. The summed E-state index contributed by atoms with van der Waals surface area (Å²) < 4.78 is 11.5. The van der Waals surface area contributed by atoms with Gasteiger partial charge in [-0.25, -0.2) is 0 Å². The molecule has 1 saturated heterocycles. The Morgan fingerprint density at radius 3 is 3.00 bits per heavy atom. The zero-order valence-corrected chi connectivity index (χ0v) is 16.7. The van der Waals surface area contributed by atoms with E-state index in [0.29, 0.717) is 32.0 Å². The third-order valence-electron chi connectivity index (χ3n) is 5.40. The molecule has 1 fully saturated rings. The molecule has 29 heavy (non-hydrogen) atoms. The molecule has 0 aromatic rings. The highest BCUT2D eigenvalue weighted by Gasteiger charge is 2.27. The molecule has 0 unspecified atom stereocenters. The maximum absolute atomic E-state index is 12.0. The van der Waals surface area contributed by atoms with Crippen molar-refractivity contribution in [2.24, 2.45) is 0 Å². The third-order valence-corrected chi connectivity index (χ3v) is 5.40. The lowest BCUT2D eigenvalue weighted by Gasteiger charge is -2.40. The van der Waals surface area contributed by atoms with Crippen molar-refractivity contribution in [3.63, 3.8) is 0 Å². The number of morpholine rings is 1. The van der Waals surface area contributed by atoms with E-state index in [1.54, 1.807) is 18.2 Å². The first kappa shape index (κ1) is 21.1. The van der Waals surface area contributed by atoms with Crippen molar-refractivity contribution in [3.8, 4) is 0 Å². The number of rotatable bonds is 7. The number of nitrogens with zero attached hydrogens (tertiary/aromatic N) is 1. The molecular formula is C23H29NO5. The number of aliphatic hydroxyl groups is 2. The van der Waals surface area contributed by atoms with Gasteiger partial charge in [-0.3, -0.25) is 4.79 Å². The molecule has 1 atom stereocenters. The van der Waals surface area contributed by atoms with Crippen molar-refractivity contribution >= 4 is 5.78 Å². The molecule has 2 N–H and O–H groups in total. The molecule has 0 amide bonds. The summed E-state index contributed by atoms with van der Waals surface area (Å²) in [5.74, 6) is 0.213. The van der Waals surface area contributed by atoms with Crippen LogP contribution in [0.2, 0.25) is 0 Å². The molecule has 2 aliphatic carbocycles. The van der Waals surface area contributed by atoms with Crippen LogP contribution in [0.1, 0.15) is 25.7 Å². The minimum absolute atomic E-state index is 0.00887. The van der Waals surface area contributed by atoms with Gasteiger partial charge < -0.3 is 24.6 Å². The maximum Gasteiger partial charge on any atom is 0.173 e. The van der Waals surface area contributed by atoms with Crippen LogP contribution in [0.3, 0.4) is 0 Å². The zero-order valence-electron chi connectivity index (χ0n) is 16.7. The van der Waals surface area contributed by atoms with Crippen molar-refractivity contribution in [3.05, 3.63) is 71.4 Å². The first-order valence-corrected chi connectivity index (χ1v) is 10.1. The van der Waals surface area contributed by atoms with Gasteiger partial charge >= 0.3 is 0 Å². The third kappa shape index (κ3) is 5.08. The Bertz CT molecular complexity index is 787. The van der Waals surface area contributed by atoms with E-state index < -0.39 is 0 Å². The van der Waals surface area contributed by atoms with Gasteiger partial charge in [-0.15, -0.1) is 0 Å². The van der Waals surface area contributed by atoms with Crippen LogP contribution in [-0.2, 0) is 14.3 Å². The van der Waals surface area contributed by atoms with Gasteiger partial charge in [-0.05, 0) is 30.1 Å². The van der Waals surface area contributed by atoms with Gasteiger partial charge in [0.15, 0.2) is 5.78 Å². The molecule has 0 bridgehead atoms. The Morgan fingerprint density at radius 1 is 1.38 bits per heavy atom. The van der Waals surface area contributed by atoms with Gasteiger partial charge in [0.05, 0.1) is 44.3 Å². The predicted molar refractivity (Wildman–Crippen MR) is 111 cm³/mol. The Labute approximate surface area is 171 Å². The first-order valence-electron chi connectivity index (χ1n) is 10.1. The van der Waals surface area contributed by atoms with E-state index >= 15 is 0 Å². The molecule has 0 aromatic carbocycles. The van der Waals surface area contributed by atoms with Crippen LogP contribution < -0.4 is 0 Å². The second kappa shape index (κ2) is 10.3. The average Bonchev–Trinajstić information content (AvgIpc) is 2.94. The quantitative estimate of drug-likeness (QED) is 0.506. The van der Waals surface area contributed by atoms with E-state index in [4.69, 9.17) is 9.47 Å². The molecule has 0 saturated carbocycles. The zero-order chi connectivity index (χ0) is 20.6. The van der Waals surface area contributed by atoms with Crippen molar-refractivity contribution in [2.45, 2.75) is 31.7 Å². The Morgan fingerprint density at radius 2 is 2.21 bits per heavy atom. The molecule has 6 nitrogen and oxygen atoms in total. The predicted octanol–water partition coefficient (Wildman–Crippen LogP) is 3.10. The summed E-state index contributed by atoms with van der Waals surface area (Å²) in [6.07, 6.45) is 13.1. The summed E-state index contributed by atoms with van der Waals surface area (Å²) in [7, 11) is 0. The fourth-order valence-electron chi connectivity index (χ4n) is 3.82. The summed E-state index contributed by atoms with van der Waals surface area (Å²) in [6, 6.07) is 0.0817. The summed E-state index contributed by atoms with van der Waals surface area (Å²) in [6.45, 7) is 6.61. The van der Waals surface area contributed by atoms with Crippen LogP contribution in [0, 0.1) is 0 Å². The van der Waals surface area contributed by atoms with E-state index in [-0.39, 0.29) is 30.4 Å². The number of carbonyl (C=O) groups excluding carboxylic acids is 1. The van der Waals surface area contributed by atoms with Crippen LogP contribution in [0.15, 0.2) is 71.4 Å². The van der Waals surface area contributed by atoms with Crippen molar-refractivity contribution < 1.29 is 24.5 Å². The van der Waals surface area contributed by atoms with Crippen LogP contribution >= 0.6 is 0 Å². The fraction of sp³-hybridized carbons (Fsp3) is 0.435.